The van der Waals surface area contributed by atoms with Crippen LogP contribution < -0.4 is 5.32 Å². The summed E-state index contributed by atoms with van der Waals surface area (Å²) in [5, 5.41) is 49.1. The van der Waals surface area contributed by atoms with E-state index in [-0.39, 0.29) is 35.9 Å². The first-order valence-electron chi connectivity index (χ1n) is 10.4. The van der Waals surface area contributed by atoms with Gasteiger partial charge in [0.05, 0.1) is 19.1 Å². The molecule has 0 heterocycles. The van der Waals surface area contributed by atoms with Crippen LogP contribution >= 0.6 is 0 Å². The molecule has 0 rings (SSSR count). The van der Waals surface area contributed by atoms with Crippen LogP contribution in [-0.2, 0) is 14.3 Å². The summed E-state index contributed by atoms with van der Waals surface area (Å²) < 4.78 is 5.25. The Morgan fingerprint density at radius 1 is 0.933 bits per heavy atom. The van der Waals surface area contributed by atoms with Crippen LogP contribution in [0, 0.1) is 16.7 Å². The Bertz CT molecular complexity index is 498. The Balaban J connectivity index is 0. The second kappa shape index (κ2) is 13.9. The molecule has 0 aliphatic heterocycles. The molecule has 30 heavy (non-hydrogen) atoms. The minimum absolute atomic E-state index is 0.0641. The Kier molecular flexibility index (Phi) is 14.4. The summed E-state index contributed by atoms with van der Waals surface area (Å²) in [4.78, 5) is 24.3. The van der Waals surface area contributed by atoms with Crippen LogP contribution in [0.25, 0.3) is 0 Å². The quantitative estimate of drug-likeness (QED) is 0.209. The third kappa shape index (κ3) is 11.8. The summed E-state index contributed by atoms with van der Waals surface area (Å²) in [6.07, 6.45) is -6.96. The van der Waals surface area contributed by atoms with Crippen molar-refractivity contribution in [1.29, 1.82) is 0 Å². The standard InChI is InChI=1S/C19H37NO8.C2H6/c1-18(2,3)9-11(19(4,5)6)17(27)28-8-7-20-16(26)15(25)14(24)13(23)12(22)10-21;1-2/h11-15,21-25H,7-10H2,1-6H3,(H,20,26);1-2H3. The third-order valence-electron chi connectivity index (χ3n) is 4.32. The molecule has 0 fully saturated rings. The average Bonchev–Trinajstić information content (AvgIpc) is 2.66. The van der Waals surface area contributed by atoms with E-state index in [2.05, 4.69) is 5.32 Å². The normalized spacial score (nSPS) is 17.0. The molecule has 1 amide bonds. The number of esters is 1. The number of aliphatic hydroxyl groups excluding tert-OH is 5. The van der Waals surface area contributed by atoms with Crippen LogP contribution in [0.4, 0.5) is 0 Å². The number of rotatable bonds is 10. The van der Waals surface area contributed by atoms with Gasteiger partial charge in [-0.25, -0.2) is 0 Å². The van der Waals surface area contributed by atoms with Gasteiger partial charge in [0, 0.05) is 0 Å². The van der Waals surface area contributed by atoms with E-state index in [0.717, 1.165) is 0 Å². The van der Waals surface area contributed by atoms with Gasteiger partial charge >= 0.3 is 5.97 Å². The highest BCUT2D eigenvalue weighted by atomic mass is 16.5. The van der Waals surface area contributed by atoms with Crippen molar-refractivity contribution in [1.82, 2.24) is 5.32 Å². The first-order valence-corrected chi connectivity index (χ1v) is 10.4. The summed E-state index contributed by atoms with van der Waals surface area (Å²) in [6.45, 7) is 14.9. The molecular weight excluding hydrogens is 394 g/mol. The molecule has 0 saturated carbocycles. The molecule has 5 unspecified atom stereocenters. The van der Waals surface area contributed by atoms with Gasteiger partial charge in [0.25, 0.3) is 5.91 Å². The summed E-state index contributed by atoms with van der Waals surface area (Å²) in [5.41, 5.74) is -0.358. The molecule has 0 radical (unpaired) electrons. The maximum absolute atomic E-state index is 12.4. The van der Waals surface area contributed by atoms with Crippen molar-refractivity contribution in [3.05, 3.63) is 0 Å². The van der Waals surface area contributed by atoms with E-state index in [4.69, 9.17) is 9.84 Å². The molecule has 180 valence electrons. The van der Waals surface area contributed by atoms with Crippen molar-refractivity contribution in [3.63, 3.8) is 0 Å². The van der Waals surface area contributed by atoms with Crippen molar-refractivity contribution in [2.24, 2.45) is 16.7 Å². The maximum Gasteiger partial charge on any atom is 0.309 e. The number of carbonyl (C=O) groups excluding carboxylic acids is 2. The van der Waals surface area contributed by atoms with Crippen LogP contribution in [-0.4, -0.2) is 81.6 Å². The highest BCUT2D eigenvalue weighted by Crippen LogP contribution is 2.36. The van der Waals surface area contributed by atoms with Crippen LogP contribution in [0.15, 0.2) is 0 Å². The summed E-state index contributed by atoms with van der Waals surface area (Å²) in [5.74, 6) is -1.71. The second-order valence-corrected chi connectivity index (χ2v) is 9.32. The molecule has 0 aromatic carbocycles. The maximum atomic E-state index is 12.4. The molecule has 9 heteroatoms. The SMILES string of the molecule is CC.CC(C)(C)CC(C(=O)OCCNC(=O)C(O)C(O)C(O)C(O)CO)C(C)(C)C. The molecule has 0 spiro atoms. The Morgan fingerprint density at radius 2 is 1.43 bits per heavy atom. The molecule has 6 N–H and O–H groups in total. The van der Waals surface area contributed by atoms with Gasteiger partial charge in [-0.1, -0.05) is 55.4 Å². The number of aliphatic hydroxyl groups is 5. The molecule has 0 saturated heterocycles. The van der Waals surface area contributed by atoms with E-state index in [1.165, 1.54) is 0 Å². The topological polar surface area (TPSA) is 157 Å². The van der Waals surface area contributed by atoms with E-state index in [0.29, 0.717) is 6.42 Å². The number of carbonyl (C=O) groups is 2. The van der Waals surface area contributed by atoms with Crippen molar-refractivity contribution in [3.8, 4) is 0 Å². The van der Waals surface area contributed by atoms with Crippen LogP contribution in [0.1, 0.15) is 61.8 Å². The average molecular weight is 438 g/mol. The minimum atomic E-state index is -2.02. The molecule has 0 aliphatic rings. The molecule has 0 aliphatic carbocycles. The van der Waals surface area contributed by atoms with E-state index in [1.807, 2.05) is 55.4 Å². The van der Waals surface area contributed by atoms with Gasteiger partial charge in [-0.2, -0.15) is 0 Å². The number of amides is 1. The zero-order valence-electron chi connectivity index (χ0n) is 19.7. The van der Waals surface area contributed by atoms with Crippen LogP contribution in [0.2, 0.25) is 0 Å². The van der Waals surface area contributed by atoms with Gasteiger partial charge in [0.15, 0.2) is 6.10 Å². The first kappa shape index (κ1) is 30.9. The van der Waals surface area contributed by atoms with Gasteiger partial charge < -0.3 is 35.6 Å². The molecule has 9 nitrogen and oxygen atoms in total. The lowest BCUT2D eigenvalue weighted by atomic mass is 9.72. The summed E-state index contributed by atoms with van der Waals surface area (Å²) >= 11 is 0. The lowest BCUT2D eigenvalue weighted by Crippen LogP contribution is -2.52. The van der Waals surface area contributed by atoms with Crippen molar-refractivity contribution >= 4 is 11.9 Å². The van der Waals surface area contributed by atoms with E-state index >= 15 is 0 Å². The van der Waals surface area contributed by atoms with E-state index in [9.17, 15) is 30.0 Å². The molecular formula is C21H43NO8. The highest BCUT2D eigenvalue weighted by molar-refractivity contribution is 5.81. The highest BCUT2D eigenvalue weighted by Gasteiger charge is 2.36. The van der Waals surface area contributed by atoms with Crippen LogP contribution in [0.5, 0.6) is 0 Å². The van der Waals surface area contributed by atoms with Gasteiger partial charge in [-0.3, -0.25) is 9.59 Å². The number of nitrogens with one attached hydrogen (secondary N) is 1. The molecule has 0 aromatic heterocycles. The Hall–Kier alpha value is -1.26. The fourth-order valence-electron chi connectivity index (χ4n) is 2.56. The smallest absolute Gasteiger partial charge is 0.309 e. The largest absolute Gasteiger partial charge is 0.464 e. The summed E-state index contributed by atoms with van der Waals surface area (Å²) in [6, 6.07) is 0. The minimum Gasteiger partial charge on any atom is -0.464 e. The Morgan fingerprint density at radius 3 is 1.83 bits per heavy atom. The fraction of sp³-hybridized carbons (Fsp3) is 0.905. The lowest BCUT2D eigenvalue weighted by Gasteiger charge is -2.33. The predicted molar refractivity (Wildman–Crippen MR) is 113 cm³/mol. The molecule has 0 aromatic rings. The third-order valence-corrected chi connectivity index (χ3v) is 4.32. The summed E-state index contributed by atoms with van der Waals surface area (Å²) in [7, 11) is 0. The van der Waals surface area contributed by atoms with Crippen molar-refractivity contribution < 1.29 is 39.9 Å². The lowest BCUT2D eigenvalue weighted by molar-refractivity contribution is -0.155. The van der Waals surface area contributed by atoms with Gasteiger partial charge in [0.2, 0.25) is 0 Å². The van der Waals surface area contributed by atoms with E-state index in [1.54, 1.807) is 0 Å². The number of hydrogen-bond acceptors (Lipinski definition) is 8. The van der Waals surface area contributed by atoms with Gasteiger partial charge in [-0.05, 0) is 17.3 Å². The number of hydrogen-bond donors (Lipinski definition) is 6. The zero-order valence-corrected chi connectivity index (χ0v) is 19.7. The van der Waals surface area contributed by atoms with Crippen LogP contribution in [0.3, 0.4) is 0 Å². The monoisotopic (exact) mass is 437 g/mol. The number of ether oxygens (including phenoxy) is 1. The Labute approximate surface area is 180 Å². The second-order valence-electron chi connectivity index (χ2n) is 9.32. The fourth-order valence-corrected chi connectivity index (χ4v) is 2.56. The van der Waals surface area contributed by atoms with Crippen molar-refractivity contribution in [2.75, 3.05) is 19.8 Å². The first-order chi connectivity index (χ1) is 13.6. The van der Waals surface area contributed by atoms with E-state index < -0.39 is 36.9 Å². The van der Waals surface area contributed by atoms with Gasteiger partial charge in [-0.15, -0.1) is 0 Å². The molecule has 5 atom stereocenters. The molecule has 0 bridgehead atoms. The van der Waals surface area contributed by atoms with Gasteiger partial charge in [0.1, 0.15) is 24.9 Å². The van der Waals surface area contributed by atoms with Crippen molar-refractivity contribution in [2.45, 2.75) is 86.2 Å². The predicted octanol–water partition coefficient (Wildman–Crippen LogP) is 0.206. The zero-order chi connectivity index (χ0) is 24.3.